The molecular weight excluding hydrogens is 723 g/mol. The molecule has 0 aromatic heterocycles. The molecule has 1 amide bonds. The maximum absolute atomic E-state index is 13.1. The van der Waals surface area contributed by atoms with Crippen LogP contribution < -0.4 is 5.32 Å². The molecule has 298 valence electrons. The van der Waals surface area contributed by atoms with Gasteiger partial charge in [0.1, 0.15) is 6.61 Å². The Hall–Kier alpha value is -2.90. The van der Waals surface area contributed by atoms with Crippen LogP contribution in [0.1, 0.15) is 70.1 Å². The van der Waals surface area contributed by atoms with E-state index in [1.54, 1.807) is 21.6 Å². The Balaban J connectivity index is 1.21. The molecule has 3 aromatic rings. The SMILES string of the molecule is CCOCCOC(C)COC(C)COC(C)COCCOC(=O)CCCSSCCNC(=O)CCC(c1ccccc1)(c1ccccc1)c1ccccc1. The smallest absolute Gasteiger partial charge is 0.305 e. The zero-order chi connectivity index (χ0) is 38.7. The molecule has 0 aliphatic carbocycles. The van der Waals surface area contributed by atoms with Gasteiger partial charge in [0, 0.05) is 42.9 Å². The maximum atomic E-state index is 13.1. The topological polar surface area (TPSA) is 102 Å². The van der Waals surface area contributed by atoms with Gasteiger partial charge in [-0.1, -0.05) is 113 Å². The van der Waals surface area contributed by atoms with Gasteiger partial charge in [-0.2, -0.15) is 0 Å². The van der Waals surface area contributed by atoms with Crippen LogP contribution in [0.2, 0.25) is 0 Å². The van der Waals surface area contributed by atoms with Crippen molar-refractivity contribution in [3.8, 4) is 0 Å². The fraction of sp³-hybridized carbons (Fsp3) is 0.535. The Morgan fingerprint density at radius 1 is 0.630 bits per heavy atom. The number of benzene rings is 3. The molecule has 0 saturated carbocycles. The number of carbonyl (C=O) groups excluding carboxylic acids is 2. The first-order valence-electron chi connectivity index (χ1n) is 19.2. The first-order chi connectivity index (χ1) is 26.3. The van der Waals surface area contributed by atoms with Gasteiger partial charge in [0.25, 0.3) is 0 Å². The Bertz CT molecular complexity index is 1310. The summed E-state index contributed by atoms with van der Waals surface area (Å²) in [6.45, 7) is 12.2. The molecule has 3 aromatic carbocycles. The second-order valence-corrected chi connectivity index (χ2v) is 15.8. The molecule has 11 heteroatoms. The van der Waals surface area contributed by atoms with E-state index in [9.17, 15) is 9.59 Å². The van der Waals surface area contributed by atoms with E-state index in [0.29, 0.717) is 72.1 Å². The molecule has 0 bridgehead atoms. The molecular formula is C43H61NO8S2. The zero-order valence-corrected chi connectivity index (χ0v) is 34.2. The number of hydrogen-bond acceptors (Lipinski definition) is 10. The monoisotopic (exact) mass is 783 g/mol. The molecule has 0 aliphatic heterocycles. The molecule has 3 unspecified atom stereocenters. The van der Waals surface area contributed by atoms with Crippen molar-refractivity contribution in [3.05, 3.63) is 108 Å². The maximum Gasteiger partial charge on any atom is 0.305 e. The average molecular weight is 784 g/mol. The Morgan fingerprint density at radius 3 is 1.72 bits per heavy atom. The highest BCUT2D eigenvalue weighted by Gasteiger charge is 2.36. The number of amides is 1. The summed E-state index contributed by atoms with van der Waals surface area (Å²) in [7, 11) is 3.41. The fourth-order valence-electron chi connectivity index (χ4n) is 5.85. The molecule has 0 spiro atoms. The van der Waals surface area contributed by atoms with Gasteiger partial charge in [0.2, 0.25) is 5.91 Å². The third-order valence-electron chi connectivity index (χ3n) is 8.63. The summed E-state index contributed by atoms with van der Waals surface area (Å²) in [5.74, 6) is 1.44. The molecule has 0 heterocycles. The predicted molar refractivity (Wildman–Crippen MR) is 220 cm³/mol. The summed E-state index contributed by atoms with van der Waals surface area (Å²) in [5, 5.41) is 3.11. The highest BCUT2D eigenvalue weighted by molar-refractivity contribution is 8.76. The standard InChI is InChI=1S/C43H61NO8S2/c1-5-47-26-28-49-36(3)33-52-37(4)34-51-35(2)32-48-27-29-50-42(46)22-15-30-53-54-31-25-44-41(45)23-24-43(38-16-9-6-10-17-38,39-18-11-7-12-19-39)40-20-13-8-14-21-40/h6-14,16-21,35-37H,5,15,22-34H2,1-4H3,(H,44,45). The van der Waals surface area contributed by atoms with E-state index in [1.165, 1.54) is 16.7 Å². The van der Waals surface area contributed by atoms with Gasteiger partial charge in [-0.15, -0.1) is 0 Å². The highest BCUT2D eigenvalue weighted by atomic mass is 33.1. The van der Waals surface area contributed by atoms with E-state index in [-0.39, 0.29) is 36.8 Å². The van der Waals surface area contributed by atoms with E-state index in [1.807, 2.05) is 45.9 Å². The number of ether oxygens (including phenoxy) is 6. The third kappa shape index (κ3) is 17.7. The van der Waals surface area contributed by atoms with Crippen LogP contribution in [0.4, 0.5) is 0 Å². The largest absolute Gasteiger partial charge is 0.463 e. The Labute approximate surface area is 331 Å². The first kappa shape index (κ1) is 45.5. The summed E-state index contributed by atoms with van der Waals surface area (Å²) in [4.78, 5) is 25.2. The van der Waals surface area contributed by atoms with Crippen molar-refractivity contribution < 1.29 is 38.0 Å². The lowest BCUT2D eigenvalue weighted by Crippen LogP contribution is -2.33. The lowest BCUT2D eigenvalue weighted by molar-refractivity contribution is -0.145. The molecule has 3 atom stereocenters. The number of esters is 1. The van der Waals surface area contributed by atoms with Crippen molar-refractivity contribution in [3.63, 3.8) is 0 Å². The fourth-order valence-corrected chi connectivity index (χ4v) is 7.84. The van der Waals surface area contributed by atoms with Crippen LogP contribution in [0, 0.1) is 0 Å². The summed E-state index contributed by atoms with van der Waals surface area (Å²) in [6.07, 6.45) is 1.97. The van der Waals surface area contributed by atoms with Crippen LogP contribution in [-0.4, -0.2) is 101 Å². The van der Waals surface area contributed by atoms with Crippen molar-refractivity contribution in [1.29, 1.82) is 0 Å². The lowest BCUT2D eigenvalue weighted by Gasteiger charge is -2.36. The minimum atomic E-state index is -0.442. The van der Waals surface area contributed by atoms with E-state index in [4.69, 9.17) is 28.4 Å². The van der Waals surface area contributed by atoms with Crippen LogP contribution in [0.5, 0.6) is 0 Å². The van der Waals surface area contributed by atoms with Gasteiger partial charge >= 0.3 is 5.97 Å². The molecule has 54 heavy (non-hydrogen) atoms. The molecule has 0 radical (unpaired) electrons. The molecule has 3 rings (SSSR count). The van der Waals surface area contributed by atoms with Crippen molar-refractivity contribution in [2.24, 2.45) is 0 Å². The summed E-state index contributed by atoms with van der Waals surface area (Å²) < 4.78 is 33.5. The van der Waals surface area contributed by atoms with E-state index < -0.39 is 5.41 Å². The predicted octanol–water partition coefficient (Wildman–Crippen LogP) is 7.89. The van der Waals surface area contributed by atoms with Crippen LogP contribution in [0.25, 0.3) is 0 Å². The summed E-state index contributed by atoms with van der Waals surface area (Å²) >= 11 is 0. The number of carbonyl (C=O) groups is 2. The second-order valence-electron chi connectivity index (χ2n) is 13.1. The van der Waals surface area contributed by atoms with Gasteiger partial charge in [-0.3, -0.25) is 9.59 Å². The van der Waals surface area contributed by atoms with Gasteiger partial charge in [0.05, 0.1) is 58.0 Å². The molecule has 0 saturated heterocycles. The van der Waals surface area contributed by atoms with Gasteiger partial charge in [0.15, 0.2) is 0 Å². The van der Waals surface area contributed by atoms with Crippen LogP contribution in [0.3, 0.4) is 0 Å². The average Bonchev–Trinajstić information content (AvgIpc) is 3.20. The van der Waals surface area contributed by atoms with Crippen molar-refractivity contribution >= 4 is 33.5 Å². The van der Waals surface area contributed by atoms with Crippen molar-refractivity contribution in [2.75, 3.05) is 70.9 Å². The number of nitrogens with one attached hydrogen (secondary N) is 1. The molecule has 1 N–H and O–H groups in total. The normalized spacial score (nSPS) is 13.3. The number of rotatable bonds is 30. The van der Waals surface area contributed by atoms with E-state index >= 15 is 0 Å². The highest BCUT2D eigenvalue weighted by Crippen LogP contribution is 2.43. The second kappa shape index (κ2) is 27.6. The minimum Gasteiger partial charge on any atom is -0.463 e. The van der Waals surface area contributed by atoms with Crippen LogP contribution in [-0.2, 0) is 43.4 Å². The first-order valence-corrected chi connectivity index (χ1v) is 21.7. The van der Waals surface area contributed by atoms with E-state index in [2.05, 4.69) is 78.1 Å². The number of hydrogen-bond donors (Lipinski definition) is 1. The van der Waals surface area contributed by atoms with Gasteiger partial charge in [-0.05, 0) is 57.2 Å². The van der Waals surface area contributed by atoms with Crippen LogP contribution >= 0.6 is 21.6 Å². The van der Waals surface area contributed by atoms with E-state index in [0.717, 1.165) is 17.9 Å². The summed E-state index contributed by atoms with van der Waals surface area (Å²) in [6, 6.07) is 31.4. The van der Waals surface area contributed by atoms with Crippen molar-refractivity contribution in [2.45, 2.75) is 77.1 Å². The molecule has 0 aliphatic rings. The zero-order valence-electron chi connectivity index (χ0n) is 32.6. The van der Waals surface area contributed by atoms with Gasteiger partial charge < -0.3 is 33.7 Å². The van der Waals surface area contributed by atoms with Crippen LogP contribution in [0.15, 0.2) is 91.0 Å². The lowest BCUT2D eigenvalue weighted by atomic mass is 9.66. The third-order valence-corrected chi connectivity index (χ3v) is 11.1. The molecule has 0 fully saturated rings. The quantitative estimate of drug-likeness (QED) is 0.0311. The van der Waals surface area contributed by atoms with Crippen molar-refractivity contribution in [1.82, 2.24) is 5.32 Å². The molecule has 9 nitrogen and oxygen atoms in total. The van der Waals surface area contributed by atoms with Gasteiger partial charge in [-0.25, -0.2) is 0 Å². The Kier molecular flexibility index (Phi) is 23.3. The minimum absolute atomic E-state index is 0.00886. The summed E-state index contributed by atoms with van der Waals surface area (Å²) in [5.41, 5.74) is 3.07. The Morgan fingerprint density at radius 2 is 1.15 bits per heavy atom.